The Morgan fingerprint density at radius 3 is 2.22 bits per heavy atom. The third kappa shape index (κ3) is 5.49. The second-order valence-corrected chi connectivity index (χ2v) is 6.76. The summed E-state index contributed by atoms with van der Waals surface area (Å²) in [5, 5.41) is 20.5. The van der Waals surface area contributed by atoms with E-state index < -0.39 is 0 Å². The Morgan fingerprint density at radius 1 is 1.26 bits per heavy atom. The minimum atomic E-state index is -0.387. The SMILES string of the molecule is CC.COc1c(C)c(O)cc(C(C)(C)/C=C(\C)CC(C)C)c1O. The molecule has 1 rings (SSSR count). The van der Waals surface area contributed by atoms with Gasteiger partial charge in [0.1, 0.15) is 5.75 Å². The number of phenols is 2. The van der Waals surface area contributed by atoms with Gasteiger partial charge in [0.05, 0.1) is 7.11 Å². The highest BCUT2D eigenvalue weighted by Gasteiger charge is 2.26. The lowest BCUT2D eigenvalue weighted by molar-refractivity contribution is 0.357. The third-order valence-electron chi connectivity index (χ3n) is 3.71. The number of methoxy groups -OCH3 is 1. The highest BCUT2D eigenvalue weighted by Crippen LogP contribution is 2.44. The highest BCUT2D eigenvalue weighted by molar-refractivity contribution is 5.59. The van der Waals surface area contributed by atoms with Crippen LogP contribution in [0.3, 0.4) is 0 Å². The number of ether oxygens (including phenoxy) is 1. The summed E-state index contributed by atoms with van der Waals surface area (Å²) in [4.78, 5) is 0. The third-order valence-corrected chi connectivity index (χ3v) is 3.71. The van der Waals surface area contributed by atoms with E-state index in [0.717, 1.165) is 6.42 Å². The van der Waals surface area contributed by atoms with Crippen LogP contribution < -0.4 is 4.74 Å². The molecular weight excluding hydrogens is 288 g/mol. The lowest BCUT2D eigenvalue weighted by atomic mass is 9.80. The zero-order valence-corrected chi connectivity index (χ0v) is 16.2. The molecule has 0 atom stereocenters. The Morgan fingerprint density at radius 2 is 1.78 bits per heavy atom. The van der Waals surface area contributed by atoms with Crippen LogP contribution in [-0.4, -0.2) is 17.3 Å². The van der Waals surface area contributed by atoms with Gasteiger partial charge in [0, 0.05) is 16.5 Å². The van der Waals surface area contributed by atoms with E-state index >= 15 is 0 Å². The van der Waals surface area contributed by atoms with Crippen LogP contribution in [0.15, 0.2) is 17.7 Å². The molecule has 0 aromatic heterocycles. The van der Waals surface area contributed by atoms with Crippen molar-refractivity contribution in [2.45, 2.75) is 67.2 Å². The predicted molar refractivity (Wildman–Crippen MR) is 98.6 cm³/mol. The fourth-order valence-corrected chi connectivity index (χ4v) is 2.87. The first kappa shape index (κ1) is 21.4. The van der Waals surface area contributed by atoms with Crippen molar-refractivity contribution in [2.24, 2.45) is 5.92 Å². The van der Waals surface area contributed by atoms with Gasteiger partial charge in [-0.25, -0.2) is 0 Å². The van der Waals surface area contributed by atoms with E-state index in [2.05, 4.69) is 26.8 Å². The lowest BCUT2D eigenvalue weighted by Gasteiger charge is -2.26. The fourth-order valence-electron chi connectivity index (χ4n) is 2.87. The fraction of sp³-hybridized carbons (Fsp3) is 0.600. The minimum Gasteiger partial charge on any atom is -0.508 e. The Labute approximate surface area is 142 Å². The number of allylic oxidation sites excluding steroid dienone is 2. The van der Waals surface area contributed by atoms with Gasteiger partial charge in [-0.2, -0.15) is 0 Å². The van der Waals surface area contributed by atoms with Crippen LogP contribution in [0, 0.1) is 12.8 Å². The molecule has 0 aliphatic heterocycles. The first-order valence-electron chi connectivity index (χ1n) is 8.38. The summed E-state index contributed by atoms with van der Waals surface area (Å²) in [5.74, 6) is 1.17. The molecule has 0 saturated heterocycles. The zero-order chi connectivity index (χ0) is 18.4. The summed E-state index contributed by atoms with van der Waals surface area (Å²) in [6.45, 7) is 16.2. The second-order valence-electron chi connectivity index (χ2n) is 6.76. The molecule has 1 aromatic carbocycles. The van der Waals surface area contributed by atoms with E-state index in [1.807, 2.05) is 27.7 Å². The van der Waals surface area contributed by atoms with Gasteiger partial charge >= 0.3 is 0 Å². The van der Waals surface area contributed by atoms with Gasteiger partial charge < -0.3 is 14.9 Å². The standard InChI is InChI=1S/C18H28O3.C2H6/c1-11(2)8-12(3)10-18(5,6)14-9-15(19)13(4)17(21-7)16(14)20;1-2/h9-11,19-20H,8H2,1-7H3;1-2H3/b12-10+;. The minimum absolute atomic E-state index is 0.103. The van der Waals surface area contributed by atoms with Crippen LogP contribution >= 0.6 is 0 Å². The van der Waals surface area contributed by atoms with Crippen molar-refractivity contribution in [3.8, 4) is 17.2 Å². The maximum absolute atomic E-state index is 10.5. The Hall–Kier alpha value is -1.64. The number of aromatic hydroxyl groups is 2. The van der Waals surface area contributed by atoms with Crippen molar-refractivity contribution < 1.29 is 14.9 Å². The van der Waals surface area contributed by atoms with Crippen molar-refractivity contribution in [3.63, 3.8) is 0 Å². The quantitative estimate of drug-likeness (QED) is 0.539. The van der Waals surface area contributed by atoms with Gasteiger partial charge in [0.2, 0.25) is 0 Å². The molecule has 0 spiro atoms. The molecule has 1 aromatic rings. The van der Waals surface area contributed by atoms with E-state index in [-0.39, 0.29) is 16.9 Å². The maximum Gasteiger partial charge on any atom is 0.167 e. The molecule has 0 aliphatic carbocycles. The second kappa shape index (κ2) is 8.85. The average molecular weight is 322 g/mol. The Kier molecular flexibility index (Phi) is 8.22. The monoisotopic (exact) mass is 322 g/mol. The van der Waals surface area contributed by atoms with Crippen molar-refractivity contribution in [1.82, 2.24) is 0 Å². The first-order valence-corrected chi connectivity index (χ1v) is 8.38. The van der Waals surface area contributed by atoms with E-state index in [1.54, 1.807) is 13.0 Å². The maximum atomic E-state index is 10.5. The molecule has 0 amide bonds. The smallest absolute Gasteiger partial charge is 0.167 e. The molecule has 23 heavy (non-hydrogen) atoms. The van der Waals surface area contributed by atoms with Gasteiger partial charge in [-0.15, -0.1) is 0 Å². The molecule has 0 fully saturated rings. The van der Waals surface area contributed by atoms with Crippen LogP contribution in [0.4, 0.5) is 0 Å². The summed E-state index contributed by atoms with van der Waals surface area (Å²) in [7, 11) is 1.50. The first-order chi connectivity index (χ1) is 10.6. The summed E-state index contributed by atoms with van der Waals surface area (Å²) in [6.07, 6.45) is 3.16. The number of rotatable bonds is 5. The summed E-state index contributed by atoms with van der Waals surface area (Å²) < 4.78 is 5.23. The molecule has 3 nitrogen and oxygen atoms in total. The molecule has 2 N–H and O–H groups in total. The highest BCUT2D eigenvalue weighted by atomic mass is 16.5. The van der Waals surface area contributed by atoms with Crippen molar-refractivity contribution >= 4 is 0 Å². The summed E-state index contributed by atoms with van der Waals surface area (Å²) >= 11 is 0. The van der Waals surface area contributed by atoms with Crippen LogP contribution in [0.2, 0.25) is 0 Å². The normalized spacial score (nSPS) is 12.0. The molecule has 0 saturated carbocycles. The predicted octanol–water partition coefficient (Wildman–Crippen LogP) is 5.71. The molecule has 0 bridgehead atoms. The van der Waals surface area contributed by atoms with Crippen LogP contribution in [0.25, 0.3) is 0 Å². The lowest BCUT2D eigenvalue weighted by Crippen LogP contribution is -2.15. The van der Waals surface area contributed by atoms with Crippen LogP contribution in [0.1, 0.15) is 66.0 Å². The van der Waals surface area contributed by atoms with Crippen molar-refractivity contribution in [1.29, 1.82) is 0 Å². The largest absolute Gasteiger partial charge is 0.508 e. The van der Waals surface area contributed by atoms with Crippen LogP contribution in [0.5, 0.6) is 17.2 Å². The van der Waals surface area contributed by atoms with Gasteiger partial charge in [0.15, 0.2) is 11.5 Å². The van der Waals surface area contributed by atoms with Gasteiger partial charge in [-0.3, -0.25) is 0 Å². The molecule has 132 valence electrons. The molecule has 0 unspecified atom stereocenters. The Bertz CT molecular complexity index is 540. The van der Waals surface area contributed by atoms with Gasteiger partial charge in [0.25, 0.3) is 0 Å². The van der Waals surface area contributed by atoms with E-state index in [1.165, 1.54) is 12.7 Å². The van der Waals surface area contributed by atoms with Gasteiger partial charge in [-0.1, -0.05) is 53.2 Å². The number of hydrogen-bond acceptors (Lipinski definition) is 3. The van der Waals surface area contributed by atoms with E-state index in [9.17, 15) is 10.2 Å². The topological polar surface area (TPSA) is 49.7 Å². The number of benzene rings is 1. The van der Waals surface area contributed by atoms with Crippen LogP contribution in [-0.2, 0) is 5.41 Å². The molecule has 3 heteroatoms. The molecule has 0 aliphatic rings. The molecular formula is C20H34O3. The van der Waals surface area contributed by atoms with Gasteiger partial charge in [-0.05, 0) is 32.3 Å². The number of phenolic OH excluding ortho intramolecular Hbond substituents is 2. The zero-order valence-electron chi connectivity index (χ0n) is 16.2. The van der Waals surface area contributed by atoms with Crippen molar-refractivity contribution in [2.75, 3.05) is 7.11 Å². The molecule has 0 radical (unpaired) electrons. The average Bonchev–Trinajstić information content (AvgIpc) is 2.44. The Balaban J connectivity index is 0.00000232. The van der Waals surface area contributed by atoms with E-state index in [4.69, 9.17) is 4.74 Å². The summed E-state index contributed by atoms with van der Waals surface area (Å²) in [6, 6.07) is 1.63. The summed E-state index contributed by atoms with van der Waals surface area (Å²) in [5.41, 5.74) is 2.11. The molecule has 0 heterocycles. The van der Waals surface area contributed by atoms with Crippen molar-refractivity contribution in [3.05, 3.63) is 28.8 Å². The van der Waals surface area contributed by atoms with E-state index in [0.29, 0.717) is 22.8 Å². The number of hydrogen-bond donors (Lipinski definition) is 2.